The standard InChI is InChI=1S/C11H18N2O/c1-9-8-10(2-3-11(9)12)4-5-13-6-7-14/h2-3,8,13-14H,4-7,12H2,1H3. The second-order valence-electron chi connectivity index (χ2n) is 3.41. The highest BCUT2D eigenvalue weighted by Gasteiger charge is 1.96. The summed E-state index contributed by atoms with van der Waals surface area (Å²) in [7, 11) is 0. The van der Waals surface area contributed by atoms with Gasteiger partial charge < -0.3 is 16.2 Å². The molecule has 0 fully saturated rings. The Morgan fingerprint density at radius 1 is 1.36 bits per heavy atom. The summed E-state index contributed by atoms with van der Waals surface area (Å²) < 4.78 is 0. The van der Waals surface area contributed by atoms with Crippen molar-refractivity contribution >= 4 is 5.69 Å². The number of anilines is 1. The second kappa shape index (κ2) is 5.62. The molecule has 3 nitrogen and oxygen atoms in total. The maximum absolute atomic E-state index is 8.56. The van der Waals surface area contributed by atoms with Crippen molar-refractivity contribution in [3.05, 3.63) is 29.3 Å². The van der Waals surface area contributed by atoms with Crippen LogP contribution in [0.25, 0.3) is 0 Å². The lowest BCUT2D eigenvalue weighted by atomic mass is 10.1. The average molecular weight is 194 g/mol. The van der Waals surface area contributed by atoms with Crippen LogP contribution in [0.2, 0.25) is 0 Å². The molecule has 0 saturated carbocycles. The molecule has 0 aliphatic heterocycles. The Hall–Kier alpha value is -1.06. The number of nitrogens with two attached hydrogens (primary N) is 1. The van der Waals surface area contributed by atoms with Crippen LogP contribution in [0.5, 0.6) is 0 Å². The molecular formula is C11H18N2O. The highest BCUT2D eigenvalue weighted by molar-refractivity contribution is 5.47. The van der Waals surface area contributed by atoms with Gasteiger partial charge in [0.2, 0.25) is 0 Å². The fraction of sp³-hybridized carbons (Fsp3) is 0.455. The van der Waals surface area contributed by atoms with Crippen LogP contribution in [0, 0.1) is 6.92 Å². The number of nitrogen functional groups attached to an aromatic ring is 1. The van der Waals surface area contributed by atoms with E-state index in [4.69, 9.17) is 10.8 Å². The van der Waals surface area contributed by atoms with Gasteiger partial charge in [-0.1, -0.05) is 12.1 Å². The second-order valence-corrected chi connectivity index (χ2v) is 3.41. The van der Waals surface area contributed by atoms with Crippen molar-refractivity contribution in [3.63, 3.8) is 0 Å². The minimum Gasteiger partial charge on any atom is -0.399 e. The zero-order chi connectivity index (χ0) is 10.4. The molecule has 0 amide bonds. The SMILES string of the molecule is Cc1cc(CCNCCO)ccc1N. The Bertz CT molecular complexity index is 287. The Labute approximate surface area is 84.9 Å². The lowest BCUT2D eigenvalue weighted by Gasteiger charge is -2.05. The summed E-state index contributed by atoms with van der Waals surface area (Å²) in [5.74, 6) is 0. The van der Waals surface area contributed by atoms with Crippen LogP contribution in [0.1, 0.15) is 11.1 Å². The molecule has 14 heavy (non-hydrogen) atoms. The Kier molecular flexibility index (Phi) is 4.43. The average Bonchev–Trinajstić information content (AvgIpc) is 2.18. The topological polar surface area (TPSA) is 58.3 Å². The maximum atomic E-state index is 8.56. The van der Waals surface area contributed by atoms with Crippen molar-refractivity contribution in [2.75, 3.05) is 25.4 Å². The van der Waals surface area contributed by atoms with Gasteiger partial charge in [-0.3, -0.25) is 0 Å². The third-order valence-corrected chi connectivity index (χ3v) is 2.21. The molecule has 0 bridgehead atoms. The molecule has 1 aromatic carbocycles. The van der Waals surface area contributed by atoms with E-state index in [1.165, 1.54) is 5.56 Å². The van der Waals surface area contributed by atoms with Crippen molar-refractivity contribution < 1.29 is 5.11 Å². The molecule has 4 N–H and O–H groups in total. The summed E-state index contributed by atoms with van der Waals surface area (Å²) in [6.45, 7) is 3.76. The molecular weight excluding hydrogens is 176 g/mol. The van der Waals surface area contributed by atoms with Crippen molar-refractivity contribution in [2.24, 2.45) is 0 Å². The third-order valence-electron chi connectivity index (χ3n) is 2.21. The summed E-state index contributed by atoms with van der Waals surface area (Å²) >= 11 is 0. The molecule has 0 spiro atoms. The number of hydrogen-bond acceptors (Lipinski definition) is 3. The van der Waals surface area contributed by atoms with E-state index in [2.05, 4.69) is 11.4 Å². The van der Waals surface area contributed by atoms with Gasteiger partial charge in [0.25, 0.3) is 0 Å². The number of aryl methyl sites for hydroxylation is 1. The molecule has 1 aromatic rings. The molecule has 0 heterocycles. The molecule has 0 radical (unpaired) electrons. The highest BCUT2D eigenvalue weighted by Crippen LogP contribution is 2.12. The third kappa shape index (κ3) is 3.36. The van der Waals surface area contributed by atoms with Crippen molar-refractivity contribution in [1.29, 1.82) is 0 Å². The molecule has 0 aliphatic rings. The van der Waals surface area contributed by atoms with Gasteiger partial charge in [-0.2, -0.15) is 0 Å². The molecule has 3 heteroatoms. The summed E-state index contributed by atoms with van der Waals surface area (Å²) in [6, 6.07) is 6.09. The largest absolute Gasteiger partial charge is 0.399 e. The van der Waals surface area contributed by atoms with Crippen LogP contribution >= 0.6 is 0 Å². The van der Waals surface area contributed by atoms with Gasteiger partial charge in [0.1, 0.15) is 0 Å². The fourth-order valence-corrected chi connectivity index (χ4v) is 1.33. The van der Waals surface area contributed by atoms with E-state index in [0.717, 1.165) is 24.2 Å². The molecule has 0 atom stereocenters. The predicted octanol–water partition coefficient (Wildman–Crippen LogP) is 0.702. The van der Waals surface area contributed by atoms with Crippen LogP contribution in [-0.2, 0) is 6.42 Å². The monoisotopic (exact) mass is 194 g/mol. The minimum absolute atomic E-state index is 0.195. The molecule has 0 saturated heterocycles. The van der Waals surface area contributed by atoms with E-state index in [0.29, 0.717) is 6.54 Å². The van der Waals surface area contributed by atoms with Crippen LogP contribution < -0.4 is 11.1 Å². The molecule has 0 aromatic heterocycles. The van der Waals surface area contributed by atoms with E-state index in [9.17, 15) is 0 Å². The zero-order valence-electron chi connectivity index (χ0n) is 8.59. The Morgan fingerprint density at radius 3 is 2.79 bits per heavy atom. The van der Waals surface area contributed by atoms with E-state index >= 15 is 0 Å². The summed E-state index contributed by atoms with van der Waals surface area (Å²) in [5, 5.41) is 11.7. The first-order valence-corrected chi connectivity index (χ1v) is 4.90. The van der Waals surface area contributed by atoms with Crippen LogP contribution in [0.15, 0.2) is 18.2 Å². The number of hydrogen-bond donors (Lipinski definition) is 3. The lowest BCUT2D eigenvalue weighted by molar-refractivity contribution is 0.293. The zero-order valence-corrected chi connectivity index (χ0v) is 8.59. The highest BCUT2D eigenvalue weighted by atomic mass is 16.3. The fourth-order valence-electron chi connectivity index (χ4n) is 1.33. The van der Waals surface area contributed by atoms with E-state index in [-0.39, 0.29) is 6.61 Å². The number of benzene rings is 1. The number of nitrogens with one attached hydrogen (secondary N) is 1. The van der Waals surface area contributed by atoms with Crippen molar-refractivity contribution in [1.82, 2.24) is 5.32 Å². The van der Waals surface area contributed by atoms with Crippen LogP contribution in [0.3, 0.4) is 0 Å². The summed E-state index contributed by atoms with van der Waals surface area (Å²) in [6.07, 6.45) is 0.973. The van der Waals surface area contributed by atoms with E-state index < -0.39 is 0 Å². The van der Waals surface area contributed by atoms with E-state index in [1.54, 1.807) is 0 Å². The molecule has 78 valence electrons. The van der Waals surface area contributed by atoms with Gasteiger partial charge in [0, 0.05) is 12.2 Å². The van der Waals surface area contributed by atoms with Crippen molar-refractivity contribution in [3.8, 4) is 0 Å². The molecule has 0 aliphatic carbocycles. The van der Waals surface area contributed by atoms with Crippen LogP contribution in [0.4, 0.5) is 5.69 Å². The van der Waals surface area contributed by atoms with Gasteiger partial charge in [-0.15, -0.1) is 0 Å². The van der Waals surface area contributed by atoms with Gasteiger partial charge in [0.05, 0.1) is 6.61 Å². The lowest BCUT2D eigenvalue weighted by Crippen LogP contribution is -2.20. The molecule has 1 rings (SSSR count). The van der Waals surface area contributed by atoms with Gasteiger partial charge in [-0.25, -0.2) is 0 Å². The quantitative estimate of drug-likeness (QED) is 0.478. The number of aliphatic hydroxyl groups excluding tert-OH is 1. The first-order valence-electron chi connectivity index (χ1n) is 4.90. The van der Waals surface area contributed by atoms with Crippen LogP contribution in [-0.4, -0.2) is 24.8 Å². The van der Waals surface area contributed by atoms with Gasteiger partial charge >= 0.3 is 0 Å². The first kappa shape index (κ1) is 11.0. The number of rotatable bonds is 5. The van der Waals surface area contributed by atoms with E-state index in [1.807, 2.05) is 19.1 Å². The Morgan fingerprint density at radius 2 is 2.14 bits per heavy atom. The molecule has 0 unspecified atom stereocenters. The summed E-state index contributed by atoms with van der Waals surface area (Å²) in [4.78, 5) is 0. The normalized spacial score (nSPS) is 10.4. The Balaban J connectivity index is 2.39. The smallest absolute Gasteiger partial charge is 0.0555 e. The maximum Gasteiger partial charge on any atom is 0.0555 e. The van der Waals surface area contributed by atoms with Crippen molar-refractivity contribution in [2.45, 2.75) is 13.3 Å². The minimum atomic E-state index is 0.195. The summed E-state index contributed by atoms with van der Waals surface area (Å²) in [5.41, 5.74) is 8.97. The first-order chi connectivity index (χ1) is 6.74. The predicted molar refractivity (Wildman–Crippen MR) is 59.3 cm³/mol. The van der Waals surface area contributed by atoms with Gasteiger partial charge in [-0.05, 0) is 37.1 Å². The number of aliphatic hydroxyl groups is 1. The van der Waals surface area contributed by atoms with Gasteiger partial charge in [0.15, 0.2) is 0 Å².